The van der Waals surface area contributed by atoms with E-state index < -0.39 is 5.60 Å². The maximum atomic E-state index is 12.6. The Morgan fingerprint density at radius 1 is 1.38 bits per heavy atom. The minimum absolute atomic E-state index is 0.245. The van der Waals surface area contributed by atoms with E-state index in [2.05, 4.69) is 25.2 Å². The first-order valence-electron chi connectivity index (χ1n) is 8.48. The standard InChI is InChI=1S/C19H28N2O3/c1-6-10-24-19(5,7-2)18(22)21-17-9-8-16(11-15(17)12-20)23-13-14(3)4/h8-9,11,14H,6-7,10,13H2,1-5H3,(H,21,22)/t19-/m0/s1. The Kier molecular flexibility index (Phi) is 7.73. The van der Waals surface area contributed by atoms with E-state index in [9.17, 15) is 10.1 Å². The second-order valence-corrected chi connectivity index (χ2v) is 6.41. The molecule has 0 bridgehead atoms. The molecule has 0 aliphatic heterocycles. The highest BCUT2D eigenvalue weighted by atomic mass is 16.5. The van der Waals surface area contributed by atoms with Crippen molar-refractivity contribution >= 4 is 11.6 Å². The van der Waals surface area contributed by atoms with Gasteiger partial charge in [0.2, 0.25) is 0 Å². The molecule has 0 aliphatic rings. The van der Waals surface area contributed by atoms with Gasteiger partial charge in [0.15, 0.2) is 0 Å². The van der Waals surface area contributed by atoms with Gasteiger partial charge in [0.25, 0.3) is 5.91 Å². The summed E-state index contributed by atoms with van der Waals surface area (Å²) in [7, 11) is 0. The van der Waals surface area contributed by atoms with E-state index >= 15 is 0 Å². The first-order chi connectivity index (χ1) is 11.4. The molecule has 0 radical (unpaired) electrons. The van der Waals surface area contributed by atoms with Crippen LogP contribution in [-0.4, -0.2) is 24.7 Å². The molecule has 24 heavy (non-hydrogen) atoms. The van der Waals surface area contributed by atoms with E-state index in [1.54, 1.807) is 25.1 Å². The van der Waals surface area contributed by atoms with Crippen LogP contribution in [0.1, 0.15) is 53.0 Å². The number of benzene rings is 1. The monoisotopic (exact) mass is 332 g/mol. The summed E-state index contributed by atoms with van der Waals surface area (Å²) in [5.41, 5.74) is -0.0621. The molecule has 1 aromatic rings. The van der Waals surface area contributed by atoms with Gasteiger partial charge in [0, 0.05) is 6.61 Å². The molecule has 1 aromatic carbocycles. The van der Waals surface area contributed by atoms with Crippen molar-refractivity contribution < 1.29 is 14.3 Å². The summed E-state index contributed by atoms with van der Waals surface area (Å²) < 4.78 is 11.3. The van der Waals surface area contributed by atoms with Gasteiger partial charge < -0.3 is 14.8 Å². The fraction of sp³-hybridized carbons (Fsp3) is 0.579. The molecule has 0 aromatic heterocycles. The molecule has 1 N–H and O–H groups in total. The molecule has 0 saturated heterocycles. The molecule has 1 amide bonds. The number of ether oxygens (including phenoxy) is 2. The van der Waals surface area contributed by atoms with Crippen LogP contribution in [0.4, 0.5) is 5.69 Å². The van der Waals surface area contributed by atoms with Crippen LogP contribution in [0.25, 0.3) is 0 Å². The number of nitrogens with one attached hydrogen (secondary N) is 1. The number of carbonyl (C=O) groups is 1. The zero-order valence-corrected chi connectivity index (χ0v) is 15.3. The number of rotatable bonds is 9. The summed E-state index contributed by atoms with van der Waals surface area (Å²) in [6.45, 7) is 10.9. The lowest BCUT2D eigenvalue weighted by molar-refractivity contribution is -0.139. The van der Waals surface area contributed by atoms with Crippen LogP contribution in [0, 0.1) is 17.2 Å². The molecule has 0 saturated carbocycles. The van der Waals surface area contributed by atoms with Gasteiger partial charge in [0.1, 0.15) is 17.4 Å². The van der Waals surface area contributed by atoms with E-state index in [4.69, 9.17) is 9.47 Å². The molecule has 5 nitrogen and oxygen atoms in total. The number of nitriles is 1. The molecular formula is C19H28N2O3. The van der Waals surface area contributed by atoms with Crippen molar-refractivity contribution in [2.75, 3.05) is 18.5 Å². The van der Waals surface area contributed by atoms with E-state index in [1.165, 1.54) is 0 Å². The fourth-order valence-electron chi connectivity index (χ4n) is 1.99. The first kappa shape index (κ1) is 20.0. The number of carbonyl (C=O) groups excluding carboxylic acids is 1. The topological polar surface area (TPSA) is 71.3 Å². The summed E-state index contributed by atoms with van der Waals surface area (Å²) in [6.07, 6.45) is 1.39. The molecular weight excluding hydrogens is 304 g/mol. The Balaban J connectivity index is 2.90. The molecule has 1 atom stereocenters. The van der Waals surface area contributed by atoms with Gasteiger partial charge in [0.05, 0.1) is 17.9 Å². The lowest BCUT2D eigenvalue weighted by Gasteiger charge is -2.27. The maximum absolute atomic E-state index is 12.6. The van der Waals surface area contributed by atoms with Crippen LogP contribution in [-0.2, 0) is 9.53 Å². The van der Waals surface area contributed by atoms with Crippen LogP contribution in [0.2, 0.25) is 0 Å². The van der Waals surface area contributed by atoms with Gasteiger partial charge in [-0.15, -0.1) is 0 Å². The van der Waals surface area contributed by atoms with Crippen LogP contribution < -0.4 is 10.1 Å². The van der Waals surface area contributed by atoms with Crippen LogP contribution in [0.3, 0.4) is 0 Å². The number of amides is 1. The van der Waals surface area contributed by atoms with Crippen molar-refractivity contribution in [2.45, 2.75) is 53.1 Å². The van der Waals surface area contributed by atoms with Crippen LogP contribution >= 0.6 is 0 Å². The second-order valence-electron chi connectivity index (χ2n) is 6.41. The van der Waals surface area contributed by atoms with Gasteiger partial charge >= 0.3 is 0 Å². The SMILES string of the molecule is CCCO[C@@](C)(CC)C(=O)Nc1ccc(OCC(C)C)cc1C#N. The van der Waals surface area contributed by atoms with Crippen molar-refractivity contribution in [3.05, 3.63) is 23.8 Å². The molecule has 1 rings (SSSR count). The van der Waals surface area contributed by atoms with Crippen LogP contribution in [0.5, 0.6) is 5.75 Å². The number of hydrogen-bond acceptors (Lipinski definition) is 4. The number of nitrogens with zero attached hydrogens (tertiary/aromatic N) is 1. The van der Waals surface area contributed by atoms with E-state index in [1.807, 2.05) is 13.8 Å². The summed E-state index contributed by atoms with van der Waals surface area (Å²) in [5.74, 6) is 0.778. The fourth-order valence-corrected chi connectivity index (χ4v) is 1.99. The highest BCUT2D eigenvalue weighted by molar-refractivity contribution is 5.98. The van der Waals surface area contributed by atoms with Crippen molar-refractivity contribution in [1.82, 2.24) is 0 Å². The van der Waals surface area contributed by atoms with E-state index in [-0.39, 0.29) is 5.91 Å². The molecule has 0 unspecified atom stereocenters. The molecule has 0 spiro atoms. The summed E-state index contributed by atoms with van der Waals surface area (Å²) in [5, 5.41) is 12.2. The normalized spacial score (nSPS) is 13.2. The predicted molar refractivity (Wildman–Crippen MR) is 95.1 cm³/mol. The largest absolute Gasteiger partial charge is 0.493 e. The average Bonchev–Trinajstić information content (AvgIpc) is 2.58. The molecule has 0 heterocycles. The van der Waals surface area contributed by atoms with Crippen molar-refractivity contribution in [3.63, 3.8) is 0 Å². The van der Waals surface area contributed by atoms with Crippen molar-refractivity contribution in [2.24, 2.45) is 5.92 Å². The van der Waals surface area contributed by atoms with Gasteiger partial charge in [-0.3, -0.25) is 4.79 Å². The highest BCUT2D eigenvalue weighted by Crippen LogP contribution is 2.25. The molecule has 5 heteroatoms. The average molecular weight is 332 g/mol. The van der Waals surface area contributed by atoms with Crippen molar-refractivity contribution in [1.29, 1.82) is 5.26 Å². The third-order valence-corrected chi connectivity index (χ3v) is 3.72. The Morgan fingerprint density at radius 3 is 2.62 bits per heavy atom. The number of anilines is 1. The van der Waals surface area contributed by atoms with Gasteiger partial charge in [-0.25, -0.2) is 0 Å². The Bertz CT molecular complexity index is 593. The third-order valence-electron chi connectivity index (χ3n) is 3.72. The Morgan fingerprint density at radius 2 is 2.08 bits per heavy atom. The summed E-state index contributed by atoms with van der Waals surface area (Å²) >= 11 is 0. The highest BCUT2D eigenvalue weighted by Gasteiger charge is 2.32. The van der Waals surface area contributed by atoms with Gasteiger partial charge in [-0.1, -0.05) is 27.7 Å². The molecule has 0 aliphatic carbocycles. The molecule has 0 fully saturated rings. The number of hydrogen-bond donors (Lipinski definition) is 1. The lowest BCUT2D eigenvalue weighted by atomic mass is 10.0. The molecule has 132 valence electrons. The smallest absolute Gasteiger partial charge is 0.256 e. The van der Waals surface area contributed by atoms with E-state index in [0.717, 1.165) is 6.42 Å². The Labute approximate surface area is 145 Å². The zero-order valence-electron chi connectivity index (χ0n) is 15.3. The zero-order chi connectivity index (χ0) is 18.2. The minimum Gasteiger partial charge on any atom is -0.493 e. The minimum atomic E-state index is -0.907. The first-order valence-corrected chi connectivity index (χ1v) is 8.48. The van der Waals surface area contributed by atoms with Crippen LogP contribution in [0.15, 0.2) is 18.2 Å². The summed E-state index contributed by atoms with van der Waals surface area (Å²) in [4.78, 5) is 12.6. The quantitative estimate of drug-likeness (QED) is 0.738. The second kappa shape index (κ2) is 9.29. The summed E-state index contributed by atoms with van der Waals surface area (Å²) in [6, 6.07) is 7.21. The predicted octanol–water partition coefficient (Wildman–Crippen LogP) is 4.13. The lowest BCUT2D eigenvalue weighted by Crippen LogP contribution is -2.42. The Hall–Kier alpha value is -2.06. The van der Waals surface area contributed by atoms with E-state index in [0.29, 0.717) is 42.6 Å². The maximum Gasteiger partial charge on any atom is 0.256 e. The van der Waals surface area contributed by atoms with Crippen molar-refractivity contribution in [3.8, 4) is 11.8 Å². The van der Waals surface area contributed by atoms with Gasteiger partial charge in [-0.2, -0.15) is 5.26 Å². The van der Waals surface area contributed by atoms with Gasteiger partial charge in [-0.05, 0) is 43.9 Å². The third kappa shape index (κ3) is 5.54.